The van der Waals surface area contributed by atoms with Gasteiger partial charge in [-0.25, -0.2) is 9.48 Å². The van der Waals surface area contributed by atoms with Crippen molar-refractivity contribution >= 4 is 16.7 Å². The number of hydrogen-bond acceptors (Lipinski definition) is 4. The second-order valence-electron chi connectivity index (χ2n) is 3.75. The second-order valence-corrected chi connectivity index (χ2v) is 3.75. The molecule has 0 spiro atoms. The molecule has 1 N–H and O–H groups in total. The van der Waals surface area contributed by atoms with Crippen molar-refractivity contribution < 1.29 is 9.90 Å². The van der Waals surface area contributed by atoms with Crippen LogP contribution in [0.25, 0.3) is 10.8 Å². The van der Waals surface area contributed by atoms with Gasteiger partial charge in [-0.05, 0) is 13.0 Å². The van der Waals surface area contributed by atoms with Crippen LogP contribution in [0.15, 0.2) is 29.1 Å². The molecule has 0 radical (unpaired) electrons. The van der Waals surface area contributed by atoms with E-state index < -0.39 is 17.6 Å². The average Bonchev–Trinajstić information content (AvgIpc) is 2.38. The Bertz CT molecular complexity index is 727. The van der Waals surface area contributed by atoms with Crippen molar-refractivity contribution in [2.24, 2.45) is 0 Å². The SMILES string of the molecule is CC(C#N)n1nc(C(=O)O)c2ccccc2c1=O. The first-order valence-corrected chi connectivity index (χ1v) is 5.20. The van der Waals surface area contributed by atoms with Gasteiger partial charge in [0.1, 0.15) is 6.04 Å². The lowest BCUT2D eigenvalue weighted by Crippen LogP contribution is -2.28. The van der Waals surface area contributed by atoms with Crippen molar-refractivity contribution in [3.05, 3.63) is 40.3 Å². The van der Waals surface area contributed by atoms with Crippen LogP contribution in [0.2, 0.25) is 0 Å². The number of aromatic nitrogens is 2. The highest BCUT2D eigenvalue weighted by atomic mass is 16.4. The summed E-state index contributed by atoms with van der Waals surface area (Å²) in [6.07, 6.45) is 0. The summed E-state index contributed by atoms with van der Waals surface area (Å²) in [5.41, 5.74) is -0.697. The Kier molecular flexibility index (Phi) is 2.81. The van der Waals surface area contributed by atoms with Gasteiger partial charge in [-0.3, -0.25) is 4.79 Å². The molecule has 0 amide bonds. The van der Waals surface area contributed by atoms with Crippen LogP contribution in [-0.2, 0) is 0 Å². The Labute approximate surface area is 102 Å². The first-order chi connectivity index (χ1) is 8.56. The summed E-state index contributed by atoms with van der Waals surface area (Å²) in [5, 5.41) is 22.2. The number of carbonyl (C=O) groups is 1. The third kappa shape index (κ3) is 1.72. The van der Waals surface area contributed by atoms with Crippen LogP contribution in [0.3, 0.4) is 0 Å². The highest BCUT2D eigenvalue weighted by molar-refractivity contribution is 6.01. The van der Waals surface area contributed by atoms with Crippen LogP contribution in [0.5, 0.6) is 0 Å². The van der Waals surface area contributed by atoms with Gasteiger partial charge < -0.3 is 5.11 Å². The lowest BCUT2D eigenvalue weighted by Gasteiger charge is -2.09. The lowest BCUT2D eigenvalue weighted by atomic mass is 10.1. The van der Waals surface area contributed by atoms with Gasteiger partial charge in [-0.2, -0.15) is 10.4 Å². The number of hydrogen-bond donors (Lipinski definition) is 1. The molecule has 0 fully saturated rings. The van der Waals surface area contributed by atoms with Gasteiger partial charge in [0.25, 0.3) is 5.56 Å². The molecule has 1 aromatic heterocycles. The molecule has 6 nitrogen and oxygen atoms in total. The summed E-state index contributed by atoms with van der Waals surface area (Å²) in [5.74, 6) is -1.23. The number of benzene rings is 1. The zero-order chi connectivity index (χ0) is 13.3. The standard InChI is InChI=1S/C12H9N3O3/c1-7(6-13)15-11(16)9-5-3-2-4-8(9)10(14-15)12(17)18/h2-5,7H,1H3,(H,17,18). The molecule has 0 aliphatic rings. The predicted octanol–water partition coefficient (Wildman–Crippen LogP) is 1.18. The Morgan fingerprint density at radius 3 is 2.61 bits per heavy atom. The molecule has 90 valence electrons. The molecular formula is C12H9N3O3. The Morgan fingerprint density at radius 2 is 2.06 bits per heavy atom. The summed E-state index contributed by atoms with van der Waals surface area (Å²) in [4.78, 5) is 23.2. The molecule has 1 atom stereocenters. The van der Waals surface area contributed by atoms with Crippen molar-refractivity contribution in [3.8, 4) is 6.07 Å². The Balaban J connectivity index is 2.93. The summed E-state index contributed by atoms with van der Waals surface area (Å²) in [6, 6.07) is 7.35. The maximum absolute atomic E-state index is 12.1. The van der Waals surface area contributed by atoms with E-state index in [9.17, 15) is 9.59 Å². The van der Waals surface area contributed by atoms with Crippen LogP contribution in [0, 0.1) is 11.3 Å². The maximum Gasteiger partial charge on any atom is 0.357 e. The van der Waals surface area contributed by atoms with Gasteiger partial charge in [0.2, 0.25) is 0 Å². The van der Waals surface area contributed by atoms with E-state index in [1.807, 2.05) is 6.07 Å². The van der Waals surface area contributed by atoms with Crippen LogP contribution in [-0.4, -0.2) is 20.9 Å². The molecule has 18 heavy (non-hydrogen) atoms. The monoisotopic (exact) mass is 243 g/mol. The molecular weight excluding hydrogens is 234 g/mol. The summed E-state index contributed by atoms with van der Waals surface area (Å²) >= 11 is 0. The predicted molar refractivity (Wildman–Crippen MR) is 63.3 cm³/mol. The van der Waals surface area contributed by atoms with Crippen LogP contribution in [0.1, 0.15) is 23.5 Å². The number of carboxylic acid groups (broad SMARTS) is 1. The Hall–Kier alpha value is -2.68. The molecule has 0 aliphatic carbocycles. The number of fused-ring (bicyclic) bond motifs is 1. The third-order valence-electron chi connectivity index (χ3n) is 2.58. The van der Waals surface area contributed by atoms with E-state index in [4.69, 9.17) is 10.4 Å². The topological polar surface area (TPSA) is 96.0 Å². The number of aromatic carboxylic acids is 1. The van der Waals surface area contributed by atoms with Crippen molar-refractivity contribution in [1.82, 2.24) is 9.78 Å². The Morgan fingerprint density at radius 1 is 1.44 bits per heavy atom. The quantitative estimate of drug-likeness (QED) is 0.854. The minimum absolute atomic E-state index is 0.229. The van der Waals surface area contributed by atoms with Gasteiger partial charge in [0.15, 0.2) is 5.69 Å². The van der Waals surface area contributed by atoms with E-state index in [0.717, 1.165) is 4.68 Å². The normalized spacial score (nSPS) is 12.0. The number of nitriles is 1. The number of rotatable bonds is 2. The average molecular weight is 243 g/mol. The number of nitrogens with zero attached hydrogens (tertiary/aromatic N) is 3. The summed E-state index contributed by atoms with van der Waals surface area (Å²) in [6.45, 7) is 1.48. The minimum atomic E-state index is -1.23. The fraction of sp³-hybridized carbons (Fsp3) is 0.167. The first kappa shape index (κ1) is 11.8. The fourth-order valence-electron chi connectivity index (χ4n) is 1.68. The van der Waals surface area contributed by atoms with Gasteiger partial charge in [0.05, 0.1) is 11.5 Å². The molecule has 2 rings (SSSR count). The van der Waals surface area contributed by atoms with Gasteiger partial charge in [-0.1, -0.05) is 18.2 Å². The lowest BCUT2D eigenvalue weighted by molar-refractivity contribution is 0.0690. The van der Waals surface area contributed by atoms with E-state index in [1.54, 1.807) is 12.1 Å². The number of carboxylic acids is 1. The molecule has 1 unspecified atom stereocenters. The zero-order valence-electron chi connectivity index (χ0n) is 9.49. The van der Waals surface area contributed by atoms with Crippen molar-refractivity contribution in [3.63, 3.8) is 0 Å². The van der Waals surface area contributed by atoms with Crippen molar-refractivity contribution in [2.45, 2.75) is 13.0 Å². The van der Waals surface area contributed by atoms with E-state index in [1.165, 1.54) is 19.1 Å². The van der Waals surface area contributed by atoms with Crippen LogP contribution in [0.4, 0.5) is 0 Å². The van der Waals surface area contributed by atoms with Crippen LogP contribution < -0.4 is 5.56 Å². The van der Waals surface area contributed by atoms with Crippen molar-refractivity contribution in [1.29, 1.82) is 5.26 Å². The molecule has 6 heteroatoms. The molecule has 0 saturated heterocycles. The third-order valence-corrected chi connectivity index (χ3v) is 2.58. The minimum Gasteiger partial charge on any atom is -0.476 e. The smallest absolute Gasteiger partial charge is 0.357 e. The van der Waals surface area contributed by atoms with Gasteiger partial charge in [0, 0.05) is 5.39 Å². The molecule has 1 aromatic carbocycles. The van der Waals surface area contributed by atoms with E-state index >= 15 is 0 Å². The molecule has 0 bridgehead atoms. The maximum atomic E-state index is 12.1. The second kappa shape index (κ2) is 4.30. The summed E-state index contributed by atoms with van der Waals surface area (Å²) in [7, 11) is 0. The fourth-order valence-corrected chi connectivity index (χ4v) is 1.68. The molecule has 1 heterocycles. The molecule has 0 aliphatic heterocycles. The highest BCUT2D eigenvalue weighted by Crippen LogP contribution is 2.14. The van der Waals surface area contributed by atoms with Crippen LogP contribution >= 0.6 is 0 Å². The highest BCUT2D eigenvalue weighted by Gasteiger charge is 2.17. The van der Waals surface area contributed by atoms with E-state index in [2.05, 4.69) is 5.10 Å². The first-order valence-electron chi connectivity index (χ1n) is 5.20. The zero-order valence-corrected chi connectivity index (χ0v) is 9.49. The largest absolute Gasteiger partial charge is 0.476 e. The van der Waals surface area contributed by atoms with E-state index in [-0.39, 0.29) is 16.5 Å². The van der Waals surface area contributed by atoms with Gasteiger partial charge in [-0.15, -0.1) is 0 Å². The van der Waals surface area contributed by atoms with E-state index in [0.29, 0.717) is 0 Å². The molecule has 0 saturated carbocycles. The van der Waals surface area contributed by atoms with Gasteiger partial charge >= 0.3 is 5.97 Å². The molecule has 2 aromatic rings. The van der Waals surface area contributed by atoms with Crippen molar-refractivity contribution in [2.75, 3.05) is 0 Å². The summed E-state index contributed by atoms with van der Waals surface area (Å²) < 4.78 is 0.895.